The highest BCUT2D eigenvalue weighted by atomic mass is 79.9. The quantitative estimate of drug-likeness (QED) is 0.783. The van der Waals surface area contributed by atoms with Crippen LogP contribution in [0.1, 0.15) is 31.9 Å². The second kappa shape index (κ2) is 7.97. The van der Waals surface area contributed by atoms with E-state index in [1.54, 1.807) is 11.9 Å². The molecule has 0 atom stereocenters. The molecule has 0 aromatic heterocycles. The SMILES string of the molecule is Cc1ccc(CN(C)CCN(C)C(=O)OC(C)(C)C)cc1Br. The third-order valence-electron chi connectivity index (χ3n) is 3.21. The van der Waals surface area contributed by atoms with E-state index in [4.69, 9.17) is 4.74 Å². The van der Waals surface area contributed by atoms with E-state index in [0.29, 0.717) is 6.54 Å². The molecule has 0 unspecified atom stereocenters. The van der Waals surface area contributed by atoms with Crippen molar-refractivity contribution in [3.63, 3.8) is 0 Å². The number of nitrogens with zero attached hydrogens (tertiary/aromatic N) is 2. The Hall–Kier alpha value is -1.07. The molecule has 0 saturated carbocycles. The van der Waals surface area contributed by atoms with Crippen molar-refractivity contribution in [2.75, 3.05) is 27.2 Å². The maximum absolute atomic E-state index is 11.9. The molecule has 0 bridgehead atoms. The highest BCUT2D eigenvalue weighted by Gasteiger charge is 2.19. The van der Waals surface area contributed by atoms with Crippen molar-refractivity contribution in [2.24, 2.45) is 0 Å². The van der Waals surface area contributed by atoms with E-state index in [1.165, 1.54) is 11.1 Å². The maximum Gasteiger partial charge on any atom is 0.410 e. The largest absolute Gasteiger partial charge is 0.444 e. The fraction of sp³-hybridized carbons (Fsp3) is 0.588. The number of benzene rings is 1. The molecular formula is C17H27BrN2O2. The van der Waals surface area contributed by atoms with Crippen LogP contribution >= 0.6 is 15.9 Å². The molecule has 1 amide bonds. The topological polar surface area (TPSA) is 32.8 Å². The third kappa shape index (κ3) is 6.79. The molecule has 22 heavy (non-hydrogen) atoms. The van der Waals surface area contributed by atoms with Crippen LogP contribution < -0.4 is 0 Å². The van der Waals surface area contributed by atoms with E-state index < -0.39 is 5.60 Å². The lowest BCUT2D eigenvalue weighted by molar-refractivity contribution is 0.0286. The maximum atomic E-state index is 11.9. The molecule has 1 aromatic carbocycles. The number of rotatable bonds is 5. The van der Waals surface area contributed by atoms with E-state index in [2.05, 4.69) is 53.0 Å². The van der Waals surface area contributed by atoms with Crippen LogP contribution in [0.25, 0.3) is 0 Å². The third-order valence-corrected chi connectivity index (χ3v) is 4.07. The van der Waals surface area contributed by atoms with Crippen molar-refractivity contribution >= 4 is 22.0 Å². The van der Waals surface area contributed by atoms with Gasteiger partial charge in [0.25, 0.3) is 0 Å². The fourth-order valence-corrected chi connectivity index (χ4v) is 2.30. The Bertz CT molecular complexity index is 512. The molecule has 0 aliphatic carbocycles. The summed E-state index contributed by atoms with van der Waals surface area (Å²) >= 11 is 3.56. The number of amides is 1. The molecule has 0 aliphatic rings. The lowest BCUT2D eigenvalue weighted by Gasteiger charge is -2.26. The van der Waals surface area contributed by atoms with E-state index in [9.17, 15) is 4.79 Å². The molecule has 0 N–H and O–H groups in total. The molecule has 5 heteroatoms. The summed E-state index contributed by atoms with van der Waals surface area (Å²) in [6.45, 7) is 9.98. The van der Waals surface area contributed by atoms with Gasteiger partial charge < -0.3 is 14.5 Å². The molecule has 0 heterocycles. The Labute approximate surface area is 142 Å². The van der Waals surface area contributed by atoms with Crippen LogP contribution in [-0.2, 0) is 11.3 Å². The standard InChI is InChI=1S/C17H27BrN2O2/c1-13-7-8-14(11-15(13)18)12-19(5)9-10-20(6)16(21)22-17(2,3)4/h7-8,11H,9-10,12H2,1-6H3. The summed E-state index contributed by atoms with van der Waals surface area (Å²) in [5.74, 6) is 0. The predicted molar refractivity (Wildman–Crippen MR) is 94.1 cm³/mol. The highest BCUT2D eigenvalue weighted by molar-refractivity contribution is 9.10. The highest BCUT2D eigenvalue weighted by Crippen LogP contribution is 2.18. The molecular weight excluding hydrogens is 344 g/mol. The first-order valence-electron chi connectivity index (χ1n) is 7.46. The van der Waals surface area contributed by atoms with Crippen LogP contribution in [0.2, 0.25) is 0 Å². The Morgan fingerprint density at radius 3 is 2.41 bits per heavy atom. The minimum absolute atomic E-state index is 0.279. The number of likely N-dealkylation sites (N-methyl/N-ethyl adjacent to an activating group) is 2. The van der Waals surface area contributed by atoms with Crippen LogP contribution in [0.15, 0.2) is 22.7 Å². The molecule has 124 valence electrons. The average Bonchev–Trinajstić information content (AvgIpc) is 2.38. The first kappa shape index (κ1) is 19.0. The second-order valence-corrected chi connectivity index (χ2v) is 7.58. The summed E-state index contributed by atoms with van der Waals surface area (Å²) in [6, 6.07) is 6.39. The molecule has 4 nitrogen and oxygen atoms in total. The Kier molecular flexibility index (Phi) is 6.88. The summed E-state index contributed by atoms with van der Waals surface area (Å²) in [5.41, 5.74) is 2.03. The number of ether oxygens (including phenoxy) is 1. The van der Waals surface area contributed by atoms with Crippen LogP contribution in [0, 0.1) is 6.92 Å². The van der Waals surface area contributed by atoms with Crippen LogP contribution in [0.3, 0.4) is 0 Å². The molecule has 0 radical (unpaired) electrons. The summed E-state index contributed by atoms with van der Waals surface area (Å²) < 4.78 is 6.47. The number of carbonyl (C=O) groups excluding carboxylic acids is 1. The van der Waals surface area contributed by atoms with Gasteiger partial charge in [0.1, 0.15) is 5.60 Å². The number of hydrogen-bond donors (Lipinski definition) is 0. The Morgan fingerprint density at radius 2 is 1.86 bits per heavy atom. The van der Waals surface area contributed by atoms with E-state index in [-0.39, 0.29) is 6.09 Å². The van der Waals surface area contributed by atoms with Crippen molar-refractivity contribution in [3.05, 3.63) is 33.8 Å². The summed E-state index contributed by atoms with van der Waals surface area (Å²) in [6.07, 6.45) is -0.279. The smallest absolute Gasteiger partial charge is 0.410 e. The van der Waals surface area contributed by atoms with Crippen LogP contribution in [0.4, 0.5) is 4.79 Å². The van der Waals surface area contributed by atoms with E-state index in [1.807, 2.05) is 20.8 Å². The van der Waals surface area contributed by atoms with Gasteiger partial charge >= 0.3 is 6.09 Å². The molecule has 0 aliphatic heterocycles. The lowest BCUT2D eigenvalue weighted by Crippen LogP contribution is -2.38. The van der Waals surface area contributed by atoms with Crippen molar-refractivity contribution in [3.8, 4) is 0 Å². The van der Waals surface area contributed by atoms with Crippen LogP contribution in [0.5, 0.6) is 0 Å². The van der Waals surface area contributed by atoms with Crippen molar-refractivity contribution in [1.82, 2.24) is 9.80 Å². The average molecular weight is 371 g/mol. The summed E-state index contributed by atoms with van der Waals surface area (Å²) in [7, 11) is 3.82. The van der Waals surface area contributed by atoms with Gasteiger partial charge in [0.2, 0.25) is 0 Å². The zero-order chi connectivity index (χ0) is 16.9. The van der Waals surface area contributed by atoms with E-state index >= 15 is 0 Å². The van der Waals surface area contributed by atoms with Gasteiger partial charge in [-0.25, -0.2) is 4.79 Å². The minimum Gasteiger partial charge on any atom is -0.444 e. The number of halogens is 1. The number of aryl methyl sites for hydroxylation is 1. The second-order valence-electron chi connectivity index (χ2n) is 6.72. The molecule has 1 rings (SSSR count). The summed E-state index contributed by atoms with van der Waals surface area (Å²) in [5, 5.41) is 0. The van der Waals surface area contributed by atoms with Gasteiger partial charge in [-0.15, -0.1) is 0 Å². The zero-order valence-electron chi connectivity index (χ0n) is 14.4. The van der Waals surface area contributed by atoms with Crippen LogP contribution in [-0.4, -0.2) is 48.7 Å². The van der Waals surface area contributed by atoms with Crippen molar-refractivity contribution in [2.45, 2.75) is 39.8 Å². The van der Waals surface area contributed by atoms with Gasteiger partial charge in [-0.05, 0) is 51.9 Å². The first-order valence-corrected chi connectivity index (χ1v) is 8.25. The lowest BCUT2D eigenvalue weighted by atomic mass is 10.1. The molecule has 0 spiro atoms. The fourth-order valence-electron chi connectivity index (χ4n) is 1.88. The van der Waals surface area contributed by atoms with Crippen molar-refractivity contribution in [1.29, 1.82) is 0 Å². The molecule has 0 saturated heterocycles. The number of carbonyl (C=O) groups is 1. The summed E-state index contributed by atoms with van der Waals surface area (Å²) in [4.78, 5) is 15.7. The molecule has 1 aromatic rings. The first-order chi connectivity index (χ1) is 10.1. The van der Waals surface area contributed by atoms with Gasteiger partial charge in [-0.2, -0.15) is 0 Å². The van der Waals surface area contributed by atoms with Gasteiger partial charge in [0.05, 0.1) is 0 Å². The Balaban J connectivity index is 2.43. The molecule has 0 fully saturated rings. The normalized spacial score (nSPS) is 11.6. The number of hydrogen-bond acceptors (Lipinski definition) is 3. The van der Waals surface area contributed by atoms with E-state index in [0.717, 1.165) is 17.6 Å². The van der Waals surface area contributed by atoms with Crippen molar-refractivity contribution < 1.29 is 9.53 Å². The minimum atomic E-state index is -0.453. The monoisotopic (exact) mass is 370 g/mol. The van der Waals surface area contributed by atoms with Gasteiger partial charge in [-0.1, -0.05) is 28.1 Å². The van der Waals surface area contributed by atoms with Gasteiger partial charge in [-0.3, -0.25) is 0 Å². The van der Waals surface area contributed by atoms with Gasteiger partial charge in [0.15, 0.2) is 0 Å². The Morgan fingerprint density at radius 1 is 1.23 bits per heavy atom. The zero-order valence-corrected chi connectivity index (χ0v) is 16.0. The predicted octanol–water partition coefficient (Wildman–Crippen LogP) is 4.06. The van der Waals surface area contributed by atoms with Gasteiger partial charge in [0, 0.05) is 31.2 Å².